The minimum atomic E-state index is -1.26. The summed E-state index contributed by atoms with van der Waals surface area (Å²) in [7, 11) is 0. The van der Waals surface area contributed by atoms with Gasteiger partial charge in [-0.3, -0.25) is 0 Å². The van der Waals surface area contributed by atoms with Crippen LogP contribution in [0.25, 0.3) is 0 Å². The highest BCUT2D eigenvalue weighted by molar-refractivity contribution is 7.99. The second-order valence-corrected chi connectivity index (χ2v) is 8.43. The first kappa shape index (κ1) is 33.3. The lowest BCUT2D eigenvalue weighted by molar-refractivity contribution is -0.134. The molecule has 0 aromatic heterocycles. The van der Waals surface area contributed by atoms with Crippen molar-refractivity contribution in [3.63, 3.8) is 0 Å². The molecule has 0 saturated heterocycles. The Morgan fingerprint density at radius 3 is 1.89 bits per heavy atom. The zero-order chi connectivity index (χ0) is 27.1. The summed E-state index contributed by atoms with van der Waals surface area (Å²) in [6.07, 6.45) is 3.20. The number of aliphatic carboxylic acids is 4. The maximum Gasteiger partial charge on any atom is 0.328 e. The summed E-state index contributed by atoms with van der Waals surface area (Å²) in [5.41, 5.74) is 8.28. The highest BCUT2D eigenvalue weighted by atomic mass is 35.5. The Balaban J connectivity index is 0.000000640. The number of nitrogens with one attached hydrogen (secondary N) is 1. The summed E-state index contributed by atoms with van der Waals surface area (Å²) in [6.45, 7) is 1.45. The predicted molar refractivity (Wildman–Crippen MR) is 138 cm³/mol. The number of fused-ring (bicyclic) bond motifs is 2. The molecule has 3 rings (SSSR count). The number of hydrogen-bond donors (Lipinski definition) is 6. The van der Waals surface area contributed by atoms with Crippen LogP contribution in [0.3, 0.4) is 0 Å². The monoisotopic (exact) mass is 554 g/mol. The molecule has 9 N–H and O–H groups in total. The molecule has 1 aliphatic heterocycles. The lowest BCUT2D eigenvalue weighted by Gasteiger charge is -2.19. The lowest BCUT2D eigenvalue weighted by Crippen LogP contribution is -2.28. The molecule has 0 fully saturated rings. The summed E-state index contributed by atoms with van der Waals surface area (Å²) in [5.74, 6) is -5.03. The van der Waals surface area contributed by atoms with Crippen molar-refractivity contribution < 1.29 is 45.1 Å². The number of carboxylic acids is 4. The van der Waals surface area contributed by atoms with Gasteiger partial charge < -0.3 is 37.0 Å². The smallest absolute Gasteiger partial charge is 0.328 e. The number of hydrogen-bond acceptors (Lipinski definition) is 7. The molecule has 0 spiro atoms. The molecular formula is C24H27ClN2O9S. The van der Waals surface area contributed by atoms with E-state index in [0.29, 0.717) is 30.8 Å². The van der Waals surface area contributed by atoms with Crippen molar-refractivity contribution in [3.05, 3.63) is 82.9 Å². The van der Waals surface area contributed by atoms with Crippen molar-refractivity contribution in [2.45, 2.75) is 22.3 Å². The van der Waals surface area contributed by atoms with Gasteiger partial charge in [-0.2, -0.15) is 0 Å². The topological polar surface area (TPSA) is 219 Å². The molecule has 200 valence electrons. The van der Waals surface area contributed by atoms with Gasteiger partial charge in [-0.15, -0.1) is 0 Å². The van der Waals surface area contributed by atoms with E-state index in [4.69, 9.17) is 37.8 Å². The van der Waals surface area contributed by atoms with Crippen LogP contribution >= 0.6 is 23.4 Å². The van der Waals surface area contributed by atoms with Crippen LogP contribution in [0.4, 0.5) is 0 Å². The van der Waals surface area contributed by atoms with Crippen molar-refractivity contribution >= 4 is 47.2 Å². The first-order valence-electron chi connectivity index (χ1n) is 10.3. The minimum absolute atomic E-state index is 0. The molecule has 0 aliphatic carbocycles. The predicted octanol–water partition coefficient (Wildman–Crippen LogP) is 2.24. The van der Waals surface area contributed by atoms with Crippen LogP contribution in [0, 0.1) is 0 Å². The molecule has 11 nitrogen and oxygen atoms in total. The quantitative estimate of drug-likeness (QED) is 0.272. The van der Waals surface area contributed by atoms with E-state index < -0.39 is 23.9 Å². The van der Waals surface area contributed by atoms with E-state index in [-0.39, 0.29) is 11.5 Å². The largest absolute Gasteiger partial charge is 0.478 e. The van der Waals surface area contributed by atoms with Crippen LogP contribution in [0.1, 0.15) is 17.2 Å². The van der Waals surface area contributed by atoms with Crippen LogP contribution in [-0.2, 0) is 25.6 Å². The molecule has 1 aliphatic rings. The maximum atomic E-state index is 9.55. The molecule has 0 radical (unpaired) electrons. The number of benzene rings is 2. The number of halogens is 1. The molecule has 0 bridgehead atoms. The minimum Gasteiger partial charge on any atom is -0.478 e. The van der Waals surface area contributed by atoms with Gasteiger partial charge in [0.2, 0.25) is 0 Å². The number of carbonyl (C=O) groups is 4. The molecule has 1 heterocycles. The summed E-state index contributed by atoms with van der Waals surface area (Å²) in [4.78, 5) is 40.8. The first-order chi connectivity index (χ1) is 17.0. The van der Waals surface area contributed by atoms with Crippen molar-refractivity contribution in [1.82, 2.24) is 5.32 Å². The fourth-order valence-electron chi connectivity index (χ4n) is 2.83. The Bertz CT molecular complexity index is 1070. The Labute approximate surface area is 221 Å². The second kappa shape index (κ2) is 17.7. The van der Waals surface area contributed by atoms with E-state index in [1.54, 1.807) is 0 Å². The van der Waals surface area contributed by atoms with Crippen LogP contribution in [0.5, 0.6) is 0 Å². The van der Waals surface area contributed by atoms with Crippen LogP contribution in [0.15, 0.2) is 76.6 Å². The van der Waals surface area contributed by atoms with Crippen molar-refractivity contribution in [2.75, 3.05) is 13.1 Å². The third-order valence-corrected chi connectivity index (χ3v) is 5.68. The van der Waals surface area contributed by atoms with Gasteiger partial charge in [0.15, 0.2) is 0 Å². The van der Waals surface area contributed by atoms with Gasteiger partial charge in [0, 0.05) is 58.2 Å². The average Bonchev–Trinajstić information content (AvgIpc) is 2.97. The van der Waals surface area contributed by atoms with E-state index >= 15 is 0 Å². The highest BCUT2D eigenvalue weighted by Crippen LogP contribution is 2.41. The van der Waals surface area contributed by atoms with E-state index in [9.17, 15) is 19.2 Å². The van der Waals surface area contributed by atoms with E-state index in [1.165, 1.54) is 20.9 Å². The second-order valence-electron chi connectivity index (χ2n) is 6.91. The van der Waals surface area contributed by atoms with Crippen molar-refractivity contribution in [3.8, 4) is 0 Å². The Morgan fingerprint density at radius 1 is 0.892 bits per heavy atom. The van der Waals surface area contributed by atoms with E-state index in [2.05, 4.69) is 41.7 Å². The zero-order valence-electron chi connectivity index (χ0n) is 19.3. The molecule has 37 heavy (non-hydrogen) atoms. The van der Waals surface area contributed by atoms with Crippen molar-refractivity contribution in [2.24, 2.45) is 5.73 Å². The summed E-state index contributed by atoms with van der Waals surface area (Å²) in [5, 5.41) is 35.6. The van der Waals surface area contributed by atoms with Gasteiger partial charge in [-0.05, 0) is 41.8 Å². The van der Waals surface area contributed by atoms with Crippen LogP contribution < -0.4 is 11.1 Å². The third-order valence-electron chi connectivity index (χ3n) is 4.24. The van der Waals surface area contributed by atoms with Crippen LogP contribution in [0.2, 0.25) is 5.02 Å². The summed E-state index contributed by atoms with van der Waals surface area (Å²) < 4.78 is 0. The lowest BCUT2D eigenvalue weighted by atomic mass is 9.99. The SMILES string of the molecule is NCCNC1Cc2ccccc2Sc2ccc(Cl)cc21.O.O=C(O)/C=C\C(=O)O.O=C(O)/C=C\C(=O)O. The fraction of sp³-hybridized carbons (Fsp3) is 0.167. The fourth-order valence-corrected chi connectivity index (χ4v) is 4.13. The Hall–Kier alpha value is -3.68. The van der Waals surface area contributed by atoms with Gasteiger partial charge in [-0.1, -0.05) is 41.6 Å². The number of carboxylic acid groups (broad SMARTS) is 4. The number of rotatable bonds is 7. The third kappa shape index (κ3) is 13.8. The highest BCUT2D eigenvalue weighted by Gasteiger charge is 2.22. The zero-order valence-corrected chi connectivity index (χ0v) is 20.9. The molecule has 1 unspecified atom stereocenters. The molecule has 2 aromatic carbocycles. The molecule has 1 atom stereocenters. The molecule has 0 amide bonds. The molecule has 2 aromatic rings. The van der Waals surface area contributed by atoms with E-state index in [0.717, 1.165) is 18.0 Å². The average molecular weight is 555 g/mol. The van der Waals surface area contributed by atoms with Gasteiger partial charge in [0.05, 0.1) is 0 Å². The van der Waals surface area contributed by atoms with Crippen molar-refractivity contribution in [1.29, 1.82) is 0 Å². The van der Waals surface area contributed by atoms with Gasteiger partial charge in [-0.25, -0.2) is 19.2 Å². The van der Waals surface area contributed by atoms with E-state index in [1.807, 2.05) is 17.8 Å². The normalized spacial score (nSPS) is 13.4. The Kier molecular flexibility index (Phi) is 15.9. The summed E-state index contributed by atoms with van der Waals surface area (Å²) in [6, 6.07) is 15.0. The van der Waals surface area contributed by atoms with Gasteiger partial charge >= 0.3 is 23.9 Å². The molecular weight excluding hydrogens is 528 g/mol. The summed E-state index contributed by atoms with van der Waals surface area (Å²) >= 11 is 8.00. The maximum absolute atomic E-state index is 9.55. The van der Waals surface area contributed by atoms with Gasteiger partial charge in [0.25, 0.3) is 0 Å². The van der Waals surface area contributed by atoms with Gasteiger partial charge in [0.1, 0.15) is 0 Å². The molecule has 13 heteroatoms. The van der Waals surface area contributed by atoms with Crippen LogP contribution in [-0.4, -0.2) is 62.9 Å². The number of nitrogens with two attached hydrogens (primary N) is 1. The Morgan fingerprint density at radius 2 is 1.41 bits per heavy atom. The standard InChI is InChI=1S/C16H17ClN2S.2C4H4O4.H2O/c17-12-5-6-16-13(10-12)14(19-8-7-18)9-11-3-1-2-4-15(11)20-16;2*5-3(6)1-2-4(7)8;/h1-6,10,14,19H,7-9,18H2;2*1-2H,(H,5,6)(H,7,8);1H2/b;2*2-1-;. The molecule has 0 saturated carbocycles. The first-order valence-corrected chi connectivity index (χ1v) is 11.5.